The van der Waals surface area contributed by atoms with Gasteiger partial charge >= 0.3 is 5.97 Å². The number of furan rings is 1. The summed E-state index contributed by atoms with van der Waals surface area (Å²) in [4.78, 5) is 10.5. The van der Waals surface area contributed by atoms with E-state index in [4.69, 9.17) is 9.52 Å². The highest BCUT2D eigenvalue weighted by atomic mass is 16.4. The van der Waals surface area contributed by atoms with Crippen LogP contribution in [0, 0.1) is 13.8 Å². The second-order valence-corrected chi connectivity index (χ2v) is 6.32. The second-order valence-electron chi connectivity index (χ2n) is 6.32. The highest BCUT2D eigenvalue weighted by Crippen LogP contribution is 2.25. The number of hydrogen-bond acceptors (Lipinski definition) is 2. The molecule has 0 saturated heterocycles. The quantitative estimate of drug-likeness (QED) is 0.511. The lowest BCUT2D eigenvalue weighted by Crippen LogP contribution is -1.94. The minimum Gasteiger partial charge on any atom is -0.481 e. The van der Waals surface area contributed by atoms with Crippen molar-refractivity contribution in [2.45, 2.75) is 91.4 Å². The van der Waals surface area contributed by atoms with Crippen molar-refractivity contribution in [2.75, 3.05) is 0 Å². The summed E-state index contributed by atoms with van der Waals surface area (Å²) in [5.41, 5.74) is 2.65. The molecule has 1 aromatic rings. The van der Waals surface area contributed by atoms with Crippen molar-refractivity contribution in [3.63, 3.8) is 0 Å². The molecule has 1 N–H and O–H groups in total. The lowest BCUT2D eigenvalue weighted by molar-refractivity contribution is -0.137. The van der Waals surface area contributed by atoms with Crippen molar-refractivity contribution in [1.29, 1.82) is 0 Å². The third-order valence-electron chi connectivity index (χ3n) is 4.45. The van der Waals surface area contributed by atoms with Gasteiger partial charge < -0.3 is 9.52 Å². The van der Waals surface area contributed by atoms with E-state index in [1.54, 1.807) is 0 Å². The van der Waals surface area contributed by atoms with Crippen LogP contribution in [-0.4, -0.2) is 11.1 Å². The molecule has 0 atom stereocenters. The molecule has 0 radical (unpaired) electrons. The fourth-order valence-corrected chi connectivity index (χ4v) is 2.82. The largest absolute Gasteiger partial charge is 0.481 e. The number of unbranched alkanes of at least 4 members (excludes halogenated alkanes) is 6. The maximum Gasteiger partial charge on any atom is 0.303 e. The van der Waals surface area contributed by atoms with Gasteiger partial charge in [-0.1, -0.05) is 39.0 Å². The van der Waals surface area contributed by atoms with E-state index >= 15 is 0 Å². The fourth-order valence-electron chi connectivity index (χ4n) is 2.82. The maximum absolute atomic E-state index is 10.5. The Hall–Kier alpha value is -1.25. The minimum atomic E-state index is -0.690. The van der Waals surface area contributed by atoms with Gasteiger partial charge in [0.05, 0.1) is 0 Å². The van der Waals surface area contributed by atoms with E-state index < -0.39 is 5.97 Å². The Balaban J connectivity index is 2.32. The molecule has 126 valence electrons. The van der Waals surface area contributed by atoms with E-state index in [9.17, 15) is 4.79 Å². The Morgan fingerprint density at radius 2 is 1.36 bits per heavy atom. The summed E-state index contributed by atoms with van der Waals surface area (Å²) in [7, 11) is 0. The molecule has 0 fully saturated rings. The smallest absolute Gasteiger partial charge is 0.303 e. The summed E-state index contributed by atoms with van der Waals surface area (Å²) >= 11 is 0. The van der Waals surface area contributed by atoms with Gasteiger partial charge in [-0.05, 0) is 44.2 Å². The minimum absolute atomic E-state index is 0.292. The molecule has 0 unspecified atom stereocenters. The molecule has 0 spiro atoms. The van der Waals surface area contributed by atoms with Crippen LogP contribution in [-0.2, 0) is 17.6 Å². The molecule has 3 nitrogen and oxygen atoms in total. The lowest BCUT2D eigenvalue weighted by Gasteiger charge is -2.00. The number of carboxylic acids is 1. The number of carboxylic acid groups (broad SMARTS) is 1. The van der Waals surface area contributed by atoms with Gasteiger partial charge in [0, 0.05) is 19.3 Å². The standard InChI is InChI=1S/C19H32O3/c1-4-5-6-9-12-17-15(2)16(3)18(22-17)13-10-7-8-11-14-19(20)21/h4-14H2,1-3H3,(H,20,21). The molecule has 1 rings (SSSR count). The van der Waals surface area contributed by atoms with Gasteiger partial charge in [-0.2, -0.15) is 0 Å². The van der Waals surface area contributed by atoms with Crippen LogP contribution in [0.25, 0.3) is 0 Å². The molecule has 0 bridgehead atoms. The van der Waals surface area contributed by atoms with Crippen LogP contribution in [0.1, 0.15) is 87.4 Å². The molecule has 1 aromatic heterocycles. The molecule has 0 aliphatic rings. The van der Waals surface area contributed by atoms with Crippen LogP contribution < -0.4 is 0 Å². The maximum atomic E-state index is 10.5. The predicted octanol–water partition coefficient (Wildman–Crippen LogP) is 5.60. The van der Waals surface area contributed by atoms with Crippen LogP contribution in [0.15, 0.2) is 4.42 Å². The van der Waals surface area contributed by atoms with Crippen molar-refractivity contribution < 1.29 is 14.3 Å². The third kappa shape index (κ3) is 6.67. The van der Waals surface area contributed by atoms with Crippen LogP contribution >= 0.6 is 0 Å². The summed E-state index contributed by atoms with van der Waals surface area (Å²) < 4.78 is 6.08. The summed E-state index contributed by atoms with van der Waals surface area (Å²) in [5, 5.41) is 8.61. The van der Waals surface area contributed by atoms with Crippen LogP contribution in [0.2, 0.25) is 0 Å². The van der Waals surface area contributed by atoms with Crippen molar-refractivity contribution >= 4 is 5.97 Å². The Morgan fingerprint density at radius 1 is 0.864 bits per heavy atom. The first kappa shape index (κ1) is 18.8. The third-order valence-corrected chi connectivity index (χ3v) is 4.45. The Morgan fingerprint density at radius 3 is 1.86 bits per heavy atom. The van der Waals surface area contributed by atoms with Gasteiger partial charge in [0.25, 0.3) is 0 Å². The second kappa shape index (κ2) is 10.5. The molecular weight excluding hydrogens is 276 g/mol. The zero-order valence-corrected chi connectivity index (χ0v) is 14.5. The number of rotatable bonds is 12. The fraction of sp³-hybridized carbons (Fsp3) is 0.737. The lowest BCUT2D eigenvalue weighted by atomic mass is 10.0. The molecule has 0 saturated carbocycles. The molecule has 0 aliphatic carbocycles. The summed E-state index contributed by atoms with van der Waals surface area (Å²) in [6.45, 7) is 6.56. The number of aryl methyl sites for hydroxylation is 2. The molecule has 1 heterocycles. The highest BCUT2D eigenvalue weighted by Gasteiger charge is 2.12. The average molecular weight is 308 g/mol. The van der Waals surface area contributed by atoms with Crippen LogP contribution in [0.5, 0.6) is 0 Å². The summed E-state index contributed by atoms with van der Waals surface area (Å²) in [6.07, 6.45) is 11.4. The van der Waals surface area contributed by atoms with E-state index in [0.29, 0.717) is 6.42 Å². The predicted molar refractivity (Wildman–Crippen MR) is 90.5 cm³/mol. The van der Waals surface area contributed by atoms with E-state index in [1.807, 2.05) is 0 Å². The molecular formula is C19H32O3. The number of aliphatic carboxylic acids is 1. The van der Waals surface area contributed by atoms with Crippen LogP contribution in [0.4, 0.5) is 0 Å². The summed E-state index contributed by atoms with van der Waals surface area (Å²) in [6, 6.07) is 0. The number of carbonyl (C=O) groups is 1. The first-order valence-corrected chi connectivity index (χ1v) is 8.85. The Kier molecular flexibility index (Phi) is 8.95. The highest BCUT2D eigenvalue weighted by molar-refractivity contribution is 5.66. The van der Waals surface area contributed by atoms with Gasteiger partial charge in [-0.3, -0.25) is 4.79 Å². The molecule has 3 heteroatoms. The van der Waals surface area contributed by atoms with Gasteiger partial charge in [-0.15, -0.1) is 0 Å². The van der Waals surface area contributed by atoms with Crippen LogP contribution in [0.3, 0.4) is 0 Å². The molecule has 0 amide bonds. The van der Waals surface area contributed by atoms with Crippen molar-refractivity contribution in [3.8, 4) is 0 Å². The zero-order valence-electron chi connectivity index (χ0n) is 14.5. The van der Waals surface area contributed by atoms with Gasteiger partial charge in [-0.25, -0.2) is 0 Å². The van der Waals surface area contributed by atoms with Gasteiger partial charge in [0.15, 0.2) is 0 Å². The SMILES string of the molecule is CCCCCCc1oc(CCCCCCC(=O)O)c(C)c1C. The normalized spacial score (nSPS) is 11.0. The van der Waals surface area contributed by atoms with Crippen molar-refractivity contribution in [3.05, 3.63) is 22.6 Å². The van der Waals surface area contributed by atoms with Gasteiger partial charge in [0.2, 0.25) is 0 Å². The van der Waals surface area contributed by atoms with E-state index in [1.165, 1.54) is 42.6 Å². The summed E-state index contributed by atoms with van der Waals surface area (Å²) in [5.74, 6) is 1.63. The van der Waals surface area contributed by atoms with Gasteiger partial charge in [0.1, 0.15) is 11.5 Å². The Labute approximate surface area is 135 Å². The first-order chi connectivity index (χ1) is 10.6. The van der Waals surface area contributed by atoms with E-state index in [2.05, 4.69) is 20.8 Å². The zero-order chi connectivity index (χ0) is 16.4. The number of hydrogen-bond donors (Lipinski definition) is 1. The van der Waals surface area contributed by atoms with E-state index in [0.717, 1.165) is 44.3 Å². The van der Waals surface area contributed by atoms with Crippen molar-refractivity contribution in [2.24, 2.45) is 0 Å². The monoisotopic (exact) mass is 308 g/mol. The Bertz CT molecular complexity index is 446. The molecule has 22 heavy (non-hydrogen) atoms. The van der Waals surface area contributed by atoms with E-state index in [-0.39, 0.29) is 0 Å². The van der Waals surface area contributed by atoms with Crippen molar-refractivity contribution in [1.82, 2.24) is 0 Å². The first-order valence-electron chi connectivity index (χ1n) is 8.85. The molecule has 0 aliphatic heterocycles. The average Bonchev–Trinajstić information content (AvgIpc) is 2.75. The topological polar surface area (TPSA) is 50.4 Å². The molecule has 0 aromatic carbocycles.